The zero-order chi connectivity index (χ0) is 11.1. The van der Waals surface area contributed by atoms with E-state index in [1.165, 1.54) is 0 Å². The second-order valence-corrected chi connectivity index (χ2v) is 4.68. The van der Waals surface area contributed by atoms with Gasteiger partial charge in [-0.2, -0.15) is 4.89 Å². The fourth-order valence-electron chi connectivity index (χ4n) is 1.58. The van der Waals surface area contributed by atoms with Crippen LogP contribution in [0.3, 0.4) is 0 Å². The molecule has 0 aliphatic carbocycles. The average molecular weight is 208 g/mol. The van der Waals surface area contributed by atoms with Crippen LogP contribution in [0.1, 0.15) is 33.3 Å². The summed E-state index contributed by atoms with van der Waals surface area (Å²) in [6, 6.07) is 7.82. The van der Waals surface area contributed by atoms with Crippen LogP contribution in [-0.2, 0) is 15.4 Å². The summed E-state index contributed by atoms with van der Waals surface area (Å²) in [5.41, 5.74) is 0.500. The van der Waals surface area contributed by atoms with E-state index in [1.807, 2.05) is 52.0 Å². The molecule has 1 aromatic carbocycles. The largest absolute Gasteiger partial charge is 0.460 e. The van der Waals surface area contributed by atoms with Crippen molar-refractivity contribution in [1.29, 1.82) is 0 Å². The fourth-order valence-corrected chi connectivity index (χ4v) is 1.58. The summed E-state index contributed by atoms with van der Waals surface area (Å²) in [4.78, 5) is 10.7. The smallest absolute Gasteiger partial charge is 0.235 e. The molecule has 0 saturated carbocycles. The molecule has 0 aromatic heterocycles. The van der Waals surface area contributed by atoms with Crippen LogP contribution in [0.4, 0.5) is 0 Å². The second kappa shape index (κ2) is 3.22. The van der Waals surface area contributed by atoms with E-state index in [-0.39, 0.29) is 0 Å². The number of rotatable bonds is 0. The Balaban J connectivity index is 2.50. The molecular formula is C12H16O3. The molecule has 0 unspecified atom stereocenters. The van der Waals surface area contributed by atoms with Crippen LogP contribution >= 0.6 is 0 Å². The average Bonchev–Trinajstić information content (AvgIpc) is 2.23. The third-order valence-corrected chi connectivity index (χ3v) is 2.34. The van der Waals surface area contributed by atoms with Gasteiger partial charge in [-0.1, -0.05) is 18.2 Å². The molecule has 3 heteroatoms. The molecule has 0 saturated heterocycles. The van der Waals surface area contributed by atoms with Gasteiger partial charge in [0, 0.05) is 19.4 Å². The first-order valence-electron chi connectivity index (χ1n) is 5.06. The minimum Gasteiger partial charge on any atom is -0.460 e. The molecule has 82 valence electrons. The van der Waals surface area contributed by atoms with Crippen molar-refractivity contribution in [3.63, 3.8) is 0 Å². The predicted molar refractivity (Wildman–Crippen MR) is 56.3 cm³/mol. The maximum atomic E-state index is 5.73. The minimum absolute atomic E-state index is 0.496. The van der Waals surface area contributed by atoms with Crippen LogP contribution in [0.25, 0.3) is 0 Å². The van der Waals surface area contributed by atoms with Crippen LogP contribution in [-0.4, -0.2) is 5.79 Å². The summed E-state index contributed by atoms with van der Waals surface area (Å²) in [5.74, 6) is 0.0501. The van der Waals surface area contributed by atoms with Crippen LogP contribution in [0.5, 0.6) is 5.75 Å². The lowest BCUT2D eigenvalue weighted by Crippen LogP contribution is -2.32. The van der Waals surface area contributed by atoms with E-state index < -0.39 is 11.4 Å². The minimum atomic E-state index is -0.760. The van der Waals surface area contributed by atoms with E-state index in [0.717, 1.165) is 11.3 Å². The number of hydrogen-bond acceptors (Lipinski definition) is 3. The molecule has 1 aliphatic heterocycles. The summed E-state index contributed by atoms with van der Waals surface area (Å²) in [5, 5.41) is 0. The van der Waals surface area contributed by atoms with Crippen molar-refractivity contribution in [2.75, 3.05) is 0 Å². The molecule has 2 rings (SSSR count). The Kier molecular flexibility index (Phi) is 2.24. The first-order valence-corrected chi connectivity index (χ1v) is 5.06. The number of ether oxygens (including phenoxy) is 1. The molecular weight excluding hydrogens is 192 g/mol. The van der Waals surface area contributed by atoms with Gasteiger partial charge >= 0.3 is 0 Å². The molecule has 0 bridgehead atoms. The van der Waals surface area contributed by atoms with E-state index in [1.54, 1.807) is 0 Å². The van der Waals surface area contributed by atoms with Gasteiger partial charge in [0.05, 0.1) is 0 Å². The van der Waals surface area contributed by atoms with Gasteiger partial charge in [-0.25, -0.2) is 4.89 Å². The normalized spacial score (nSPS) is 22.4. The van der Waals surface area contributed by atoms with Crippen molar-refractivity contribution in [3.05, 3.63) is 29.8 Å². The molecule has 1 aromatic rings. The highest BCUT2D eigenvalue weighted by molar-refractivity contribution is 5.37. The van der Waals surface area contributed by atoms with Gasteiger partial charge < -0.3 is 4.74 Å². The SMILES string of the molecule is CC1(C)OOC(C)(C)c2ccccc2O1. The van der Waals surface area contributed by atoms with E-state index in [0.29, 0.717) is 0 Å². The molecule has 0 amide bonds. The molecule has 1 heterocycles. The first-order chi connectivity index (χ1) is 6.91. The van der Waals surface area contributed by atoms with Crippen molar-refractivity contribution in [2.45, 2.75) is 39.1 Å². The molecule has 1 aliphatic rings. The Morgan fingerprint density at radius 1 is 0.933 bits per heavy atom. The molecule has 3 nitrogen and oxygen atoms in total. The summed E-state index contributed by atoms with van der Waals surface area (Å²) in [6.45, 7) is 7.56. The highest BCUT2D eigenvalue weighted by atomic mass is 17.2. The van der Waals surface area contributed by atoms with Crippen molar-refractivity contribution < 1.29 is 14.5 Å². The molecule has 0 fully saturated rings. The lowest BCUT2D eigenvalue weighted by Gasteiger charge is -2.24. The standard InChI is InChI=1S/C12H16O3/c1-11(2)9-7-5-6-8-10(9)13-12(3,4)15-14-11/h5-8H,1-4H3. The Morgan fingerprint density at radius 2 is 1.60 bits per heavy atom. The predicted octanol–water partition coefficient (Wildman–Crippen LogP) is 3.00. The monoisotopic (exact) mass is 208 g/mol. The Hall–Kier alpha value is -1.06. The highest BCUT2D eigenvalue weighted by Gasteiger charge is 2.36. The van der Waals surface area contributed by atoms with Crippen LogP contribution in [0, 0.1) is 0 Å². The van der Waals surface area contributed by atoms with Crippen molar-refractivity contribution in [2.24, 2.45) is 0 Å². The zero-order valence-corrected chi connectivity index (χ0v) is 9.53. The molecule has 0 atom stereocenters. The number of benzene rings is 1. The summed E-state index contributed by atoms with van der Waals surface area (Å²) in [7, 11) is 0. The van der Waals surface area contributed by atoms with Gasteiger partial charge in [-0.05, 0) is 19.9 Å². The molecule has 0 radical (unpaired) electrons. The fraction of sp³-hybridized carbons (Fsp3) is 0.500. The third kappa shape index (κ3) is 1.98. The summed E-state index contributed by atoms with van der Waals surface area (Å²) < 4.78 is 5.73. The highest BCUT2D eigenvalue weighted by Crippen LogP contribution is 2.38. The topological polar surface area (TPSA) is 27.7 Å². The Bertz CT molecular complexity index is 369. The van der Waals surface area contributed by atoms with E-state index in [4.69, 9.17) is 14.5 Å². The first kappa shape index (κ1) is 10.5. The van der Waals surface area contributed by atoms with Crippen molar-refractivity contribution in [3.8, 4) is 5.75 Å². The lowest BCUT2D eigenvalue weighted by atomic mass is 9.97. The Morgan fingerprint density at radius 3 is 2.33 bits per heavy atom. The summed E-state index contributed by atoms with van der Waals surface area (Å²) in [6.07, 6.45) is 0. The van der Waals surface area contributed by atoms with Gasteiger partial charge in [0.15, 0.2) is 0 Å². The van der Waals surface area contributed by atoms with Gasteiger partial charge in [0.2, 0.25) is 5.79 Å². The second-order valence-electron chi connectivity index (χ2n) is 4.68. The Labute approximate surface area is 89.9 Å². The molecule has 0 N–H and O–H groups in total. The van der Waals surface area contributed by atoms with E-state index in [9.17, 15) is 0 Å². The third-order valence-electron chi connectivity index (χ3n) is 2.34. The number of fused-ring (bicyclic) bond motifs is 1. The summed E-state index contributed by atoms with van der Waals surface area (Å²) >= 11 is 0. The van der Waals surface area contributed by atoms with Gasteiger partial charge in [0.1, 0.15) is 11.4 Å². The number of hydrogen-bond donors (Lipinski definition) is 0. The van der Waals surface area contributed by atoms with Crippen molar-refractivity contribution in [1.82, 2.24) is 0 Å². The molecule has 15 heavy (non-hydrogen) atoms. The van der Waals surface area contributed by atoms with Crippen LogP contribution < -0.4 is 4.74 Å². The maximum absolute atomic E-state index is 5.73. The van der Waals surface area contributed by atoms with Gasteiger partial charge in [-0.15, -0.1) is 0 Å². The van der Waals surface area contributed by atoms with Crippen LogP contribution in [0.15, 0.2) is 24.3 Å². The lowest BCUT2D eigenvalue weighted by molar-refractivity contribution is -0.434. The van der Waals surface area contributed by atoms with Crippen molar-refractivity contribution >= 4 is 0 Å². The van der Waals surface area contributed by atoms with E-state index >= 15 is 0 Å². The molecule has 0 spiro atoms. The van der Waals surface area contributed by atoms with E-state index in [2.05, 4.69) is 0 Å². The zero-order valence-electron chi connectivity index (χ0n) is 9.53. The van der Waals surface area contributed by atoms with Gasteiger partial charge in [-0.3, -0.25) is 0 Å². The van der Waals surface area contributed by atoms with Gasteiger partial charge in [0.25, 0.3) is 0 Å². The number of para-hydroxylation sites is 1. The van der Waals surface area contributed by atoms with Crippen LogP contribution in [0.2, 0.25) is 0 Å². The maximum Gasteiger partial charge on any atom is 0.235 e. The quantitative estimate of drug-likeness (QED) is 0.613.